The summed E-state index contributed by atoms with van der Waals surface area (Å²) in [7, 11) is 2.54. The Morgan fingerprint density at radius 1 is 0.821 bits per heavy atom. The number of aromatic amines is 1. The van der Waals surface area contributed by atoms with Crippen LogP contribution in [0.15, 0.2) is 35.5 Å². The van der Waals surface area contributed by atoms with Gasteiger partial charge in [-0.3, -0.25) is 57.7 Å². The molecule has 26 nitrogen and oxygen atoms in total. The minimum atomic E-state index is -1.75. The fraction of sp³-hybridized carbons (Fsp3) is 0.600. The Balaban J connectivity index is 1.53. The van der Waals surface area contributed by atoms with E-state index in [2.05, 4.69) is 47.2 Å². The zero-order valence-electron chi connectivity index (χ0n) is 44.0. The molecule has 428 valence electrons. The number of para-hydroxylation sites is 1. The molecule has 0 bridgehead atoms. The van der Waals surface area contributed by atoms with Crippen molar-refractivity contribution in [2.75, 3.05) is 25.4 Å². The second kappa shape index (κ2) is 29.6. The lowest BCUT2D eigenvalue weighted by Crippen LogP contribution is -2.61. The number of hydrogen-bond donors (Lipinski definition) is 13. The molecule has 3 heterocycles. The van der Waals surface area contributed by atoms with Crippen LogP contribution in [0.5, 0.6) is 0 Å². The Bertz CT molecular complexity index is 2550. The summed E-state index contributed by atoms with van der Waals surface area (Å²) < 4.78 is -0.726. The second-order valence-corrected chi connectivity index (χ2v) is 22.9. The number of carbonyl (C=O) groups excluding carboxylic acids is 11. The first-order valence-electron chi connectivity index (χ1n) is 26.3. The summed E-state index contributed by atoms with van der Waals surface area (Å²) in [6.45, 7) is 3.14. The molecule has 78 heavy (non-hydrogen) atoms. The lowest BCUT2D eigenvalue weighted by molar-refractivity contribution is -0.142. The third kappa shape index (κ3) is 18.3. The summed E-state index contributed by atoms with van der Waals surface area (Å²) in [6, 6.07) is -2.17. The van der Waals surface area contributed by atoms with Crippen LogP contribution in [-0.2, 0) is 59.2 Å². The van der Waals surface area contributed by atoms with Crippen molar-refractivity contribution < 1.29 is 52.7 Å². The van der Waals surface area contributed by atoms with E-state index in [-0.39, 0.29) is 63.3 Å². The van der Waals surface area contributed by atoms with Crippen LogP contribution in [0, 0.1) is 5.92 Å². The fourth-order valence-electron chi connectivity index (χ4n) is 9.72. The second-order valence-electron chi connectivity index (χ2n) is 20.1. The van der Waals surface area contributed by atoms with E-state index in [1.807, 2.05) is 24.3 Å². The van der Waals surface area contributed by atoms with Crippen molar-refractivity contribution in [2.45, 2.75) is 157 Å². The highest BCUT2D eigenvalue weighted by molar-refractivity contribution is 8.77. The quantitative estimate of drug-likeness (QED) is 0.0311. The molecular weight excluding hydrogens is 1050 g/mol. The van der Waals surface area contributed by atoms with Gasteiger partial charge in [-0.25, -0.2) is 0 Å². The number of amides is 11. The Labute approximate surface area is 459 Å². The topological polar surface area (TPSA) is 433 Å². The maximum absolute atomic E-state index is 14.9. The van der Waals surface area contributed by atoms with E-state index >= 15 is 0 Å². The van der Waals surface area contributed by atoms with Crippen LogP contribution in [0.2, 0.25) is 0 Å². The molecule has 8 atom stereocenters. The number of hydrogen-bond acceptors (Lipinski definition) is 14. The predicted octanol–water partition coefficient (Wildman–Crippen LogP) is -2.06. The number of aliphatic imine (C=N–C) groups is 1. The number of fused-ring (bicyclic) bond motifs is 1. The molecule has 1 aromatic heterocycles. The van der Waals surface area contributed by atoms with Gasteiger partial charge in [-0.1, -0.05) is 79.3 Å². The van der Waals surface area contributed by atoms with Crippen LogP contribution < -0.4 is 65.9 Å². The number of primary amides is 3. The number of likely N-dealkylation sites (tertiary alicyclic amines) is 1. The molecule has 1 saturated carbocycles. The maximum atomic E-state index is 14.9. The van der Waals surface area contributed by atoms with Crippen molar-refractivity contribution in [1.29, 1.82) is 0 Å². The molecule has 1 unspecified atom stereocenters. The van der Waals surface area contributed by atoms with E-state index in [0.717, 1.165) is 35.7 Å². The molecule has 1 aliphatic carbocycles. The lowest BCUT2D eigenvalue weighted by atomic mass is 9.85. The lowest BCUT2D eigenvalue weighted by Gasteiger charge is -2.37. The van der Waals surface area contributed by atoms with E-state index in [9.17, 15) is 52.7 Å². The van der Waals surface area contributed by atoms with E-state index in [1.165, 1.54) is 26.5 Å². The van der Waals surface area contributed by atoms with Gasteiger partial charge in [-0.2, -0.15) is 0 Å². The summed E-state index contributed by atoms with van der Waals surface area (Å²) in [5.74, 6) is -9.80. The SMILES string of the molecule is CC[C@H](C)[C@@H]1NC(=O)[C@@H](Cc2c[nH]c3ccccc23)NC(=O)CC2(CCCCC2)SSC[C@H](C(=O)N2CCC[C@H]2C(=O)N[C@@H](CCCN=C(N)N)C(=O)NCC(N)=O)NC(=O)[C@H](CC(N)=O)NC(=O)C(CCC(N)=O)NC1=O. The highest BCUT2D eigenvalue weighted by Crippen LogP contribution is 2.48. The van der Waals surface area contributed by atoms with Gasteiger partial charge in [0.05, 0.1) is 13.0 Å². The molecule has 1 aromatic carbocycles. The molecule has 28 heteroatoms. The van der Waals surface area contributed by atoms with Crippen molar-refractivity contribution in [2.24, 2.45) is 39.6 Å². The standard InChI is InChI=1S/C50H75N15O11S2/c1-3-27(2)41-47(75)61-32(15-16-37(51)66)43(71)62-34(22-38(52)67)44(72)63-35(48(76)65-20-10-14-36(65)46(74)60-31(13-9-19-56-49(54)55)42(70)58-25-39(53)68)26-77-78-50(17-7-4-8-18-50)23-40(69)59-33(45(73)64-41)21-28-24-57-30-12-6-5-11-29(28)30/h5-6,11-12,24,27,31-36,41,57H,3-4,7-10,13-23,25-26H2,1-2H3,(H2,51,66)(H2,52,67)(H2,53,68)(H,58,70)(H,59,69)(H,60,74)(H,61,75)(H,62,71)(H,63,72)(H,64,73)(H4,54,55,56)/t27-,31-,32?,33+,34-,35+,36-,41-/m0/s1. The van der Waals surface area contributed by atoms with Crippen molar-refractivity contribution >= 4 is 103 Å². The van der Waals surface area contributed by atoms with E-state index in [4.69, 9.17) is 28.7 Å². The highest BCUT2D eigenvalue weighted by atomic mass is 33.1. The van der Waals surface area contributed by atoms with Gasteiger partial charge in [-0.05, 0) is 62.5 Å². The predicted molar refractivity (Wildman–Crippen MR) is 293 cm³/mol. The molecule has 3 aliphatic rings. The Morgan fingerprint density at radius 3 is 2.19 bits per heavy atom. The minimum Gasteiger partial charge on any atom is -0.370 e. The monoisotopic (exact) mass is 1130 g/mol. The Morgan fingerprint density at radius 2 is 1.51 bits per heavy atom. The average Bonchev–Trinajstić information content (AvgIpc) is 4.07. The largest absolute Gasteiger partial charge is 0.370 e. The number of aromatic nitrogens is 1. The van der Waals surface area contributed by atoms with Crippen LogP contribution in [0.25, 0.3) is 10.9 Å². The molecule has 2 aliphatic heterocycles. The maximum Gasteiger partial charge on any atom is 0.246 e. The molecule has 18 N–H and O–H groups in total. The molecule has 5 rings (SSSR count). The van der Waals surface area contributed by atoms with Crippen molar-refractivity contribution in [3.8, 4) is 0 Å². The highest BCUT2D eigenvalue weighted by Gasteiger charge is 2.42. The fourth-order valence-corrected chi connectivity index (χ4v) is 13.1. The molecular formula is C50H75N15O11S2. The summed E-state index contributed by atoms with van der Waals surface area (Å²) >= 11 is 0. The van der Waals surface area contributed by atoms with Gasteiger partial charge in [0.2, 0.25) is 65.0 Å². The van der Waals surface area contributed by atoms with Crippen LogP contribution >= 0.6 is 21.6 Å². The van der Waals surface area contributed by atoms with E-state index < -0.39 is 137 Å². The van der Waals surface area contributed by atoms with E-state index in [1.54, 1.807) is 20.0 Å². The summed E-state index contributed by atoms with van der Waals surface area (Å²) in [6.07, 6.45) is 4.84. The Kier molecular flexibility index (Phi) is 23.4. The minimum absolute atomic E-state index is 0.0243. The molecule has 2 saturated heterocycles. The number of benzene rings is 1. The number of guanidine groups is 1. The van der Waals surface area contributed by atoms with Crippen molar-refractivity contribution in [3.05, 3.63) is 36.0 Å². The van der Waals surface area contributed by atoms with Gasteiger partial charge in [0.15, 0.2) is 5.96 Å². The first kappa shape index (κ1) is 61.7. The normalized spacial score (nSPS) is 23.5. The molecule has 1 spiro atoms. The number of H-pyrrole nitrogens is 1. The number of carbonyl (C=O) groups is 11. The molecule has 11 amide bonds. The average molecular weight is 1130 g/mol. The van der Waals surface area contributed by atoms with E-state index in [0.29, 0.717) is 25.7 Å². The first-order chi connectivity index (χ1) is 37.1. The third-order valence-electron chi connectivity index (χ3n) is 14.1. The smallest absolute Gasteiger partial charge is 0.246 e. The van der Waals surface area contributed by atoms with Gasteiger partial charge in [0.25, 0.3) is 0 Å². The first-order valence-corrected chi connectivity index (χ1v) is 28.6. The number of nitrogens with two attached hydrogens (primary N) is 5. The summed E-state index contributed by atoms with van der Waals surface area (Å²) in [5, 5.41) is 19.4. The van der Waals surface area contributed by atoms with Crippen LogP contribution in [0.1, 0.15) is 109 Å². The van der Waals surface area contributed by atoms with Gasteiger partial charge < -0.3 is 75.8 Å². The van der Waals surface area contributed by atoms with Crippen LogP contribution in [-0.4, -0.2) is 153 Å². The zero-order valence-corrected chi connectivity index (χ0v) is 45.7. The van der Waals surface area contributed by atoms with Crippen LogP contribution in [0.3, 0.4) is 0 Å². The molecule has 3 fully saturated rings. The van der Waals surface area contributed by atoms with Crippen molar-refractivity contribution in [1.82, 2.24) is 47.1 Å². The summed E-state index contributed by atoms with van der Waals surface area (Å²) in [4.78, 5) is 159. The molecule has 2 aromatic rings. The summed E-state index contributed by atoms with van der Waals surface area (Å²) in [5.41, 5.74) is 28.8. The molecule has 0 radical (unpaired) electrons. The van der Waals surface area contributed by atoms with Gasteiger partial charge in [-0.15, -0.1) is 0 Å². The van der Waals surface area contributed by atoms with Crippen LogP contribution in [0.4, 0.5) is 0 Å². The third-order valence-corrected chi connectivity index (χ3v) is 17.4. The van der Waals surface area contributed by atoms with Gasteiger partial charge in [0.1, 0.15) is 42.3 Å². The van der Waals surface area contributed by atoms with Gasteiger partial charge in [0, 0.05) is 60.0 Å². The number of nitrogens with zero attached hydrogens (tertiary/aromatic N) is 2. The Hall–Kier alpha value is -7.10. The number of rotatable bonds is 19. The van der Waals surface area contributed by atoms with Gasteiger partial charge >= 0.3 is 0 Å². The van der Waals surface area contributed by atoms with Crippen molar-refractivity contribution in [3.63, 3.8) is 0 Å². The zero-order chi connectivity index (χ0) is 57.1. The number of nitrogens with one attached hydrogen (secondary N) is 8.